The Balaban J connectivity index is 3.55. The molecule has 0 heterocycles. The fourth-order valence-electron chi connectivity index (χ4n) is 1.27. The highest BCUT2D eigenvalue weighted by Crippen LogP contribution is 2.37. The van der Waals surface area contributed by atoms with Crippen molar-refractivity contribution in [3.8, 4) is 0 Å². The molecule has 0 unspecified atom stereocenters. The molecule has 0 saturated heterocycles. The lowest BCUT2D eigenvalue weighted by molar-refractivity contribution is -0.141. The molecule has 0 spiro atoms. The van der Waals surface area contributed by atoms with Crippen LogP contribution in [0.2, 0.25) is 0 Å². The van der Waals surface area contributed by atoms with Crippen LogP contribution in [0.25, 0.3) is 0 Å². The van der Waals surface area contributed by atoms with Gasteiger partial charge in [-0.2, -0.15) is 26.3 Å². The first-order valence-electron chi connectivity index (χ1n) is 4.28. The zero-order chi connectivity index (χ0) is 14.3. The lowest BCUT2D eigenvalue weighted by Gasteiger charge is -2.17. The summed E-state index contributed by atoms with van der Waals surface area (Å²) in [6, 6.07) is 0.217. The Morgan fingerprint density at radius 1 is 0.889 bits per heavy atom. The van der Waals surface area contributed by atoms with Crippen LogP contribution in [0.3, 0.4) is 0 Å². The fraction of sp³-hybridized carbons (Fsp3) is 0.250. The van der Waals surface area contributed by atoms with Gasteiger partial charge >= 0.3 is 19.5 Å². The van der Waals surface area contributed by atoms with E-state index in [4.69, 9.17) is 10.0 Å². The van der Waals surface area contributed by atoms with Gasteiger partial charge in [0, 0.05) is 4.47 Å². The number of halogens is 7. The SMILES string of the molecule is OB(O)c1cc(C(F)(F)F)c(Br)cc1C(F)(F)F. The third-order valence-electron chi connectivity index (χ3n) is 2.03. The molecular formula is C8H4BBrF6O2. The molecule has 1 aromatic rings. The fourth-order valence-corrected chi connectivity index (χ4v) is 1.83. The van der Waals surface area contributed by atoms with Gasteiger partial charge in [-0.3, -0.25) is 0 Å². The smallest absolute Gasteiger partial charge is 0.423 e. The van der Waals surface area contributed by atoms with E-state index in [1.54, 1.807) is 0 Å². The minimum absolute atomic E-state index is 0.0531. The van der Waals surface area contributed by atoms with Gasteiger partial charge in [-0.25, -0.2) is 0 Å². The van der Waals surface area contributed by atoms with Gasteiger partial charge in [0.05, 0.1) is 11.1 Å². The van der Waals surface area contributed by atoms with E-state index in [2.05, 4.69) is 15.9 Å². The highest BCUT2D eigenvalue weighted by atomic mass is 79.9. The molecule has 0 aliphatic heterocycles. The molecule has 0 radical (unpaired) electrons. The van der Waals surface area contributed by atoms with Crippen molar-refractivity contribution >= 4 is 28.5 Å². The number of alkyl halides is 6. The second kappa shape index (κ2) is 4.74. The van der Waals surface area contributed by atoms with Crippen LogP contribution in [0.1, 0.15) is 11.1 Å². The normalized spacial score (nSPS) is 12.7. The van der Waals surface area contributed by atoms with E-state index >= 15 is 0 Å². The summed E-state index contributed by atoms with van der Waals surface area (Å²) in [6.07, 6.45) is -9.90. The molecule has 1 rings (SSSR count). The van der Waals surface area contributed by atoms with Crippen molar-refractivity contribution in [2.75, 3.05) is 0 Å². The predicted octanol–water partition coefficient (Wildman–Crippen LogP) is 2.17. The average Bonchev–Trinajstić information content (AvgIpc) is 2.13. The Morgan fingerprint density at radius 3 is 1.67 bits per heavy atom. The largest absolute Gasteiger partial charge is 0.489 e. The number of hydrogen-bond acceptors (Lipinski definition) is 2. The van der Waals surface area contributed by atoms with E-state index in [9.17, 15) is 26.3 Å². The minimum Gasteiger partial charge on any atom is -0.423 e. The summed E-state index contributed by atoms with van der Waals surface area (Å²) in [5, 5.41) is 17.4. The third-order valence-corrected chi connectivity index (χ3v) is 2.68. The van der Waals surface area contributed by atoms with Crippen LogP contribution >= 0.6 is 15.9 Å². The van der Waals surface area contributed by atoms with E-state index in [-0.39, 0.29) is 12.1 Å². The lowest BCUT2D eigenvalue weighted by Crippen LogP contribution is -2.37. The van der Waals surface area contributed by atoms with Crippen LogP contribution in [0.15, 0.2) is 16.6 Å². The Labute approximate surface area is 106 Å². The Kier molecular flexibility index (Phi) is 4.04. The van der Waals surface area contributed by atoms with E-state index in [1.165, 1.54) is 0 Å². The summed E-state index contributed by atoms with van der Waals surface area (Å²) in [6.45, 7) is 0. The summed E-state index contributed by atoms with van der Waals surface area (Å²) >= 11 is 2.38. The highest BCUT2D eigenvalue weighted by Gasteiger charge is 2.41. The Morgan fingerprint density at radius 2 is 1.33 bits per heavy atom. The molecule has 100 valence electrons. The van der Waals surface area contributed by atoms with E-state index in [1.807, 2.05) is 0 Å². The summed E-state index contributed by atoms with van der Waals surface area (Å²) in [7, 11) is -2.66. The van der Waals surface area contributed by atoms with Crippen LogP contribution in [0.4, 0.5) is 26.3 Å². The van der Waals surface area contributed by atoms with Gasteiger partial charge in [-0.05, 0) is 17.6 Å². The van der Waals surface area contributed by atoms with Gasteiger partial charge in [0.1, 0.15) is 0 Å². The first-order chi connectivity index (χ1) is 7.94. The van der Waals surface area contributed by atoms with Crippen LogP contribution < -0.4 is 5.46 Å². The Bertz CT molecular complexity index is 456. The first kappa shape index (κ1) is 15.3. The maximum Gasteiger partial charge on any atom is 0.489 e. The van der Waals surface area contributed by atoms with E-state index in [0.717, 1.165) is 0 Å². The molecule has 2 N–H and O–H groups in total. The maximum atomic E-state index is 12.5. The van der Waals surface area contributed by atoms with Gasteiger partial charge < -0.3 is 10.0 Å². The van der Waals surface area contributed by atoms with Gasteiger partial charge in [-0.1, -0.05) is 15.9 Å². The van der Waals surface area contributed by atoms with Crippen molar-refractivity contribution in [3.63, 3.8) is 0 Å². The van der Waals surface area contributed by atoms with Gasteiger partial charge in [0.15, 0.2) is 0 Å². The molecule has 0 bridgehead atoms. The predicted molar refractivity (Wildman–Crippen MR) is 54.0 cm³/mol. The Hall–Kier alpha value is -0.735. The molecule has 0 atom stereocenters. The summed E-state index contributed by atoms with van der Waals surface area (Å²) in [5.41, 5.74) is -4.21. The molecule has 0 saturated carbocycles. The zero-order valence-electron chi connectivity index (χ0n) is 8.27. The molecule has 2 nitrogen and oxygen atoms in total. The molecule has 0 aromatic heterocycles. The van der Waals surface area contributed by atoms with Crippen molar-refractivity contribution in [1.29, 1.82) is 0 Å². The van der Waals surface area contributed by atoms with Crippen molar-refractivity contribution in [2.24, 2.45) is 0 Å². The summed E-state index contributed by atoms with van der Waals surface area (Å²) in [4.78, 5) is 0. The molecule has 18 heavy (non-hydrogen) atoms. The summed E-state index contributed by atoms with van der Waals surface area (Å²) in [5.74, 6) is 0. The first-order valence-corrected chi connectivity index (χ1v) is 5.08. The van der Waals surface area contributed by atoms with Crippen LogP contribution in [0, 0.1) is 0 Å². The molecule has 0 aliphatic rings. The van der Waals surface area contributed by atoms with Gasteiger partial charge in [-0.15, -0.1) is 0 Å². The molecular weight excluding hydrogens is 333 g/mol. The summed E-state index contributed by atoms with van der Waals surface area (Å²) < 4.78 is 74.0. The standard InChI is InChI=1S/C8H4BBrF6O2/c10-6-2-3(7(11,12)13)5(9(17)18)1-4(6)8(14,15)16/h1-2,17-18H. The van der Waals surface area contributed by atoms with Crippen molar-refractivity contribution in [3.05, 3.63) is 27.7 Å². The van der Waals surface area contributed by atoms with Crippen LogP contribution in [-0.4, -0.2) is 17.2 Å². The van der Waals surface area contributed by atoms with Crippen LogP contribution in [0.5, 0.6) is 0 Å². The maximum absolute atomic E-state index is 12.5. The zero-order valence-corrected chi connectivity index (χ0v) is 9.86. The van der Waals surface area contributed by atoms with Gasteiger partial charge in [0.2, 0.25) is 0 Å². The topological polar surface area (TPSA) is 40.5 Å². The average molecular weight is 337 g/mol. The van der Waals surface area contributed by atoms with Crippen LogP contribution in [-0.2, 0) is 12.4 Å². The second-order valence-electron chi connectivity index (χ2n) is 3.29. The van der Waals surface area contributed by atoms with E-state index < -0.39 is 40.5 Å². The number of benzene rings is 1. The molecule has 0 amide bonds. The number of rotatable bonds is 1. The molecule has 1 aromatic carbocycles. The van der Waals surface area contributed by atoms with Crippen molar-refractivity contribution < 1.29 is 36.4 Å². The third kappa shape index (κ3) is 3.18. The van der Waals surface area contributed by atoms with E-state index in [0.29, 0.717) is 0 Å². The molecule has 0 fully saturated rings. The molecule has 10 heteroatoms. The molecule has 0 aliphatic carbocycles. The lowest BCUT2D eigenvalue weighted by atomic mass is 9.76. The monoisotopic (exact) mass is 336 g/mol. The van der Waals surface area contributed by atoms with Gasteiger partial charge in [0.25, 0.3) is 0 Å². The second-order valence-corrected chi connectivity index (χ2v) is 4.14. The quantitative estimate of drug-likeness (QED) is 0.609. The highest BCUT2D eigenvalue weighted by molar-refractivity contribution is 9.10. The van der Waals surface area contributed by atoms with Crippen molar-refractivity contribution in [1.82, 2.24) is 0 Å². The minimum atomic E-state index is -4.99. The number of hydrogen-bond donors (Lipinski definition) is 2. The van der Waals surface area contributed by atoms with Crippen molar-refractivity contribution in [2.45, 2.75) is 12.4 Å².